The van der Waals surface area contributed by atoms with Crippen molar-refractivity contribution in [3.8, 4) is 0 Å². The van der Waals surface area contributed by atoms with Crippen LogP contribution in [0.15, 0.2) is 0 Å². The molecule has 0 aromatic heterocycles. The molecule has 4 aliphatic rings. The van der Waals surface area contributed by atoms with Crippen LogP contribution in [-0.4, -0.2) is 49.9 Å². The van der Waals surface area contributed by atoms with E-state index in [9.17, 15) is 9.90 Å². The third-order valence-electron chi connectivity index (χ3n) is 9.62. The SMILES string of the molecule is CC1(C)O[C@@H]2OCCC[C@]23[C@H]1CC(=O)[C@]1(C)[C@H](O)CC[C@@H](O[Si](C)(C)C(C)(C)C)[C@@H]13. The van der Waals surface area contributed by atoms with Crippen molar-refractivity contribution in [1.82, 2.24) is 0 Å². The largest absolute Gasteiger partial charge is 0.414 e. The first kappa shape index (κ1) is 22.9. The molecule has 4 rings (SSSR count). The van der Waals surface area contributed by atoms with Crippen LogP contribution in [-0.2, 0) is 18.7 Å². The van der Waals surface area contributed by atoms with E-state index < -0.39 is 25.4 Å². The highest BCUT2D eigenvalue weighted by atomic mass is 28.4. The molecule has 0 aromatic carbocycles. The third kappa shape index (κ3) is 2.97. The van der Waals surface area contributed by atoms with Crippen molar-refractivity contribution in [1.29, 1.82) is 0 Å². The van der Waals surface area contributed by atoms with Gasteiger partial charge in [-0.1, -0.05) is 20.8 Å². The number of hydrogen-bond acceptors (Lipinski definition) is 5. The number of carbonyl (C=O) groups excluding carboxylic acids is 1. The minimum absolute atomic E-state index is 0.0484. The smallest absolute Gasteiger partial charge is 0.192 e. The fraction of sp³-hybridized carbons (Fsp3) is 0.958. The molecule has 172 valence electrons. The lowest BCUT2D eigenvalue weighted by Crippen LogP contribution is -2.69. The molecule has 0 unspecified atom stereocenters. The van der Waals surface area contributed by atoms with Gasteiger partial charge in [0.15, 0.2) is 14.6 Å². The molecule has 0 bridgehead atoms. The second-order valence-corrected chi connectivity index (χ2v) is 17.3. The number of ketones is 1. The zero-order valence-corrected chi connectivity index (χ0v) is 21.2. The van der Waals surface area contributed by atoms with Crippen LogP contribution in [0.4, 0.5) is 0 Å². The Morgan fingerprint density at radius 1 is 1.17 bits per heavy atom. The van der Waals surface area contributed by atoms with E-state index in [4.69, 9.17) is 13.9 Å². The number of hydrogen-bond donors (Lipinski definition) is 1. The maximum atomic E-state index is 13.7. The van der Waals surface area contributed by atoms with Crippen LogP contribution in [0.3, 0.4) is 0 Å². The van der Waals surface area contributed by atoms with Crippen LogP contribution in [0.5, 0.6) is 0 Å². The number of ether oxygens (including phenoxy) is 2. The summed E-state index contributed by atoms with van der Waals surface area (Å²) >= 11 is 0. The van der Waals surface area contributed by atoms with Gasteiger partial charge in [-0.05, 0) is 64.6 Å². The lowest BCUT2D eigenvalue weighted by molar-refractivity contribution is -0.258. The van der Waals surface area contributed by atoms with Gasteiger partial charge in [-0.15, -0.1) is 0 Å². The minimum atomic E-state index is -2.06. The molecule has 2 aliphatic carbocycles. The predicted octanol–water partition coefficient (Wildman–Crippen LogP) is 4.67. The average molecular weight is 439 g/mol. The summed E-state index contributed by atoms with van der Waals surface area (Å²) < 4.78 is 19.8. The molecule has 0 aromatic rings. The van der Waals surface area contributed by atoms with E-state index in [1.807, 2.05) is 6.92 Å². The first-order valence-electron chi connectivity index (χ1n) is 11.9. The molecule has 2 saturated heterocycles. The fourth-order valence-electron chi connectivity index (χ4n) is 7.02. The van der Waals surface area contributed by atoms with Gasteiger partial charge < -0.3 is 19.0 Å². The van der Waals surface area contributed by atoms with Crippen LogP contribution < -0.4 is 0 Å². The van der Waals surface area contributed by atoms with E-state index in [-0.39, 0.29) is 40.5 Å². The second kappa shape index (κ2) is 6.86. The summed E-state index contributed by atoms with van der Waals surface area (Å²) in [6.07, 6.45) is 2.82. The molecule has 1 spiro atoms. The van der Waals surface area contributed by atoms with Crippen molar-refractivity contribution in [2.75, 3.05) is 6.61 Å². The number of rotatable bonds is 2. The molecule has 30 heavy (non-hydrogen) atoms. The molecule has 2 saturated carbocycles. The number of aliphatic hydroxyl groups is 1. The van der Waals surface area contributed by atoms with Crippen molar-refractivity contribution < 1.29 is 23.8 Å². The summed E-state index contributed by atoms with van der Waals surface area (Å²) in [6.45, 7) is 18.3. The highest BCUT2D eigenvalue weighted by Crippen LogP contribution is 2.69. The normalized spacial score (nSPS) is 46.2. The molecule has 2 heterocycles. The summed E-state index contributed by atoms with van der Waals surface area (Å²) in [7, 11) is -2.06. The Bertz CT molecular complexity index is 713. The molecule has 6 heteroatoms. The predicted molar refractivity (Wildman–Crippen MR) is 119 cm³/mol. The van der Waals surface area contributed by atoms with Crippen molar-refractivity contribution >= 4 is 14.1 Å². The van der Waals surface area contributed by atoms with Gasteiger partial charge in [-0.2, -0.15) is 0 Å². The zero-order valence-electron chi connectivity index (χ0n) is 20.2. The van der Waals surface area contributed by atoms with Crippen LogP contribution in [0.2, 0.25) is 18.1 Å². The van der Waals surface area contributed by atoms with Crippen LogP contribution in [0.1, 0.15) is 73.6 Å². The Kier molecular flexibility index (Phi) is 5.24. The quantitative estimate of drug-likeness (QED) is 0.635. The maximum Gasteiger partial charge on any atom is 0.192 e. The summed E-state index contributed by atoms with van der Waals surface area (Å²) in [5.41, 5.74) is -1.50. The molecular formula is C24H42O5Si. The van der Waals surface area contributed by atoms with Gasteiger partial charge in [0.1, 0.15) is 5.78 Å². The van der Waals surface area contributed by atoms with Gasteiger partial charge >= 0.3 is 0 Å². The first-order valence-corrected chi connectivity index (χ1v) is 14.8. The topological polar surface area (TPSA) is 65.0 Å². The zero-order chi connectivity index (χ0) is 22.3. The average Bonchev–Trinajstić information content (AvgIpc) is 2.84. The highest BCUT2D eigenvalue weighted by Gasteiger charge is 2.74. The molecule has 0 amide bonds. The van der Waals surface area contributed by atoms with Crippen LogP contribution in [0.25, 0.3) is 0 Å². The Morgan fingerprint density at radius 3 is 2.47 bits per heavy atom. The van der Waals surface area contributed by atoms with Gasteiger partial charge in [-0.25, -0.2) is 0 Å². The Morgan fingerprint density at radius 2 is 1.83 bits per heavy atom. The molecule has 1 N–H and O–H groups in total. The fourth-order valence-corrected chi connectivity index (χ4v) is 8.38. The summed E-state index contributed by atoms with van der Waals surface area (Å²) in [5, 5.41) is 11.3. The monoisotopic (exact) mass is 438 g/mol. The van der Waals surface area contributed by atoms with E-state index in [2.05, 4.69) is 47.7 Å². The van der Waals surface area contributed by atoms with E-state index >= 15 is 0 Å². The molecule has 5 nitrogen and oxygen atoms in total. The van der Waals surface area contributed by atoms with E-state index in [0.29, 0.717) is 19.4 Å². The number of Topliss-reactive ketones (excluding diaryl/α,β-unsaturated/α-hetero) is 1. The molecule has 7 atom stereocenters. The van der Waals surface area contributed by atoms with E-state index in [1.54, 1.807) is 0 Å². The first-order chi connectivity index (χ1) is 13.7. The molecular weight excluding hydrogens is 396 g/mol. The van der Waals surface area contributed by atoms with Crippen molar-refractivity contribution in [3.63, 3.8) is 0 Å². The van der Waals surface area contributed by atoms with Gasteiger partial charge in [0.05, 0.1) is 17.1 Å². The Labute approximate surface area is 183 Å². The van der Waals surface area contributed by atoms with Crippen molar-refractivity contribution in [3.05, 3.63) is 0 Å². The maximum absolute atomic E-state index is 13.7. The summed E-state index contributed by atoms with van der Waals surface area (Å²) in [6, 6.07) is 0. The van der Waals surface area contributed by atoms with Gasteiger partial charge in [0.2, 0.25) is 0 Å². The van der Waals surface area contributed by atoms with Crippen molar-refractivity contribution in [2.24, 2.45) is 22.7 Å². The number of carbonyl (C=O) groups is 1. The van der Waals surface area contributed by atoms with E-state index in [0.717, 1.165) is 19.3 Å². The molecule has 2 aliphatic heterocycles. The highest BCUT2D eigenvalue weighted by molar-refractivity contribution is 6.74. The summed E-state index contributed by atoms with van der Waals surface area (Å²) in [5.74, 6) is 0.194. The lowest BCUT2D eigenvalue weighted by atomic mass is 9.43. The number of fused-ring (bicyclic) bond motifs is 1. The van der Waals surface area contributed by atoms with Gasteiger partial charge in [0.25, 0.3) is 0 Å². The van der Waals surface area contributed by atoms with Crippen molar-refractivity contribution in [2.45, 2.75) is 116 Å². The molecule has 4 fully saturated rings. The van der Waals surface area contributed by atoms with Gasteiger partial charge in [-0.3, -0.25) is 4.79 Å². The van der Waals surface area contributed by atoms with Gasteiger partial charge in [0, 0.05) is 36.4 Å². The van der Waals surface area contributed by atoms with Crippen LogP contribution in [0, 0.1) is 22.7 Å². The summed E-state index contributed by atoms with van der Waals surface area (Å²) in [4.78, 5) is 13.7. The Hall–Kier alpha value is -0.273. The minimum Gasteiger partial charge on any atom is -0.414 e. The Balaban J connectivity index is 1.85. The lowest BCUT2D eigenvalue weighted by Gasteiger charge is -2.63. The standard InChI is InChI=1S/C24H42O5Si/c1-21(2,3)30(7,8)29-15-10-11-17(25)23(6)18(26)14-16-22(4,5)28-20-24(16,19(15)23)12-9-13-27-20/h15-17,19-20,25H,9-14H2,1-8H3/t15-,16+,17-,19+,20+,23+,24-/m1/s1. The number of aliphatic hydroxyl groups excluding tert-OH is 1. The third-order valence-corrected chi connectivity index (χ3v) is 14.1. The molecule has 0 radical (unpaired) electrons. The van der Waals surface area contributed by atoms with E-state index in [1.165, 1.54) is 0 Å². The van der Waals surface area contributed by atoms with Crippen LogP contribution >= 0.6 is 0 Å². The second-order valence-electron chi connectivity index (χ2n) is 12.6.